The molecule has 0 amide bonds. The van der Waals surface area contributed by atoms with Crippen LogP contribution in [-0.4, -0.2) is 26.3 Å². The van der Waals surface area contributed by atoms with Crippen molar-refractivity contribution in [1.29, 1.82) is 0 Å². The molecule has 0 aliphatic heterocycles. The Morgan fingerprint density at radius 2 is 2.00 bits per heavy atom. The van der Waals surface area contributed by atoms with Gasteiger partial charge in [0.15, 0.2) is 0 Å². The Morgan fingerprint density at radius 1 is 2.00 bits per heavy atom. The zero-order valence-corrected chi connectivity index (χ0v) is 5.26. The second-order valence-electron chi connectivity index (χ2n) is 0.556. The third-order valence-corrected chi connectivity index (χ3v) is 0. The average Bonchev–Trinajstić information content (AvgIpc) is 0.811. The van der Waals surface area contributed by atoms with E-state index >= 15 is 0 Å². The molecule has 21 valence electrons. The molecular weight excluding hydrogens is 159 g/mol. The van der Waals surface area contributed by atoms with Crippen molar-refractivity contribution in [3.63, 3.8) is 0 Å². The van der Waals surface area contributed by atoms with Crippen molar-refractivity contribution in [2.45, 2.75) is 6.92 Å². The molecule has 0 saturated heterocycles. The minimum atomic E-state index is 0.257. The normalized spacial score (nSPS) is 6.50. The summed E-state index contributed by atoms with van der Waals surface area (Å²) >= 11 is 0.998. The van der Waals surface area contributed by atoms with Crippen LogP contribution in [0, 0.1) is 0 Å². The van der Waals surface area contributed by atoms with E-state index in [1.54, 1.807) is 6.92 Å². The van der Waals surface area contributed by atoms with E-state index in [0.717, 1.165) is 22.5 Å². The van der Waals surface area contributed by atoms with Crippen LogP contribution >= 0.6 is 0 Å². The maximum atomic E-state index is 9.48. The zero-order valence-electron chi connectivity index (χ0n) is 2.41. The van der Waals surface area contributed by atoms with Crippen LogP contribution in [0.1, 0.15) is 6.92 Å². The summed E-state index contributed by atoms with van der Waals surface area (Å²) in [6.07, 6.45) is 0. The Bertz CT molecular complexity index is 29.0. The van der Waals surface area contributed by atoms with Gasteiger partial charge in [-0.1, -0.05) is 0 Å². The van der Waals surface area contributed by atoms with Gasteiger partial charge in [0, 0.05) is 0 Å². The van der Waals surface area contributed by atoms with Crippen LogP contribution in [0.4, 0.5) is 0 Å². The zero-order chi connectivity index (χ0) is 3.58. The first-order valence-electron chi connectivity index (χ1n) is 0.954. The number of carbonyl (C=O) groups excluding carboxylic acids is 1. The van der Waals surface area contributed by atoms with Gasteiger partial charge in [-0.25, -0.2) is 0 Å². The summed E-state index contributed by atoms with van der Waals surface area (Å²) in [5, 5.41) is 0. The molecule has 0 rings (SSSR count). The maximum absolute atomic E-state index is 9.48. The number of rotatable bonds is 0. The first-order valence-corrected chi connectivity index (χ1v) is 2.38. The van der Waals surface area contributed by atoms with E-state index < -0.39 is 0 Å². The van der Waals surface area contributed by atoms with Crippen molar-refractivity contribution in [2.75, 3.05) is 0 Å². The molecule has 2 heteroatoms. The van der Waals surface area contributed by atoms with Gasteiger partial charge < -0.3 is 0 Å². The van der Waals surface area contributed by atoms with Crippen LogP contribution in [0.15, 0.2) is 0 Å². The number of hydrogen-bond acceptors (Lipinski definition) is 1. The third kappa shape index (κ3) is 24.2. The molecule has 0 aliphatic rings. The van der Waals surface area contributed by atoms with Crippen LogP contribution in [0.5, 0.6) is 0 Å². The van der Waals surface area contributed by atoms with Gasteiger partial charge in [-0.15, -0.1) is 0 Å². The van der Waals surface area contributed by atoms with E-state index in [0.29, 0.717) is 0 Å². The van der Waals surface area contributed by atoms with Crippen LogP contribution in [0.25, 0.3) is 0 Å². The number of hydrogen-bond donors (Lipinski definition) is 0. The Hall–Kier alpha value is 0.469. The Labute approximate surface area is 38.5 Å². The molecule has 0 saturated carbocycles. The van der Waals surface area contributed by atoms with Crippen LogP contribution in [0.3, 0.4) is 0 Å². The topological polar surface area (TPSA) is 17.1 Å². The van der Waals surface area contributed by atoms with Gasteiger partial charge in [0.05, 0.1) is 0 Å². The average molecular weight is 162 g/mol. The molecule has 0 atom stereocenters. The molecule has 0 aromatic heterocycles. The van der Waals surface area contributed by atoms with Gasteiger partial charge in [0.25, 0.3) is 0 Å². The first-order chi connectivity index (χ1) is 1.73. The predicted molar refractivity (Wildman–Crippen MR) is 16.4 cm³/mol. The van der Waals surface area contributed by atoms with Crippen molar-refractivity contribution in [3.8, 4) is 0 Å². The Morgan fingerprint density at radius 3 is 2.00 bits per heavy atom. The van der Waals surface area contributed by atoms with Crippen LogP contribution in [0.2, 0.25) is 0 Å². The van der Waals surface area contributed by atoms with Gasteiger partial charge in [0.2, 0.25) is 0 Å². The molecule has 0 spiro atoms. The van der Waals surface area contributed by atoms with Gasteiger partial charge in [-0.3, -0.25) is 0 Å². The van der Waals surface area contributed by atoms with Crippen LogP contribution < -0.4 is 0 Å². The molecule has 0 N–H and O–H groups in total. The second kappa shape index (κ2) is 1.76. The molecule has 0 aromatic rings. The van der Waals surface area contributed by atoms with Gasteiger partial charge >= 0.3 is 38.0 Å². The summed E-state index contributed by atoms with van der Waals surface area (Å²) in [5.41, 5.74) is 0. The fourth-order valence-corrected chi connectivity index (χ4v) is 0. The molecule has 4 heavy (non-hydrogen) atoms. The van der Waals surface area contributed by atoms with E-state index in [1.807, 2.05) is 0 Å². The van der Waals surface area contributed by atoms with Crippen molar-refractivity contribution < 1.29 is 4.79 Å². The van der Waals surface area contributed by atoms with E-state index in [1.165, 1.54) is 0 Å². The number of carbonyl (C=O) groups is 1. The fourth-order valence-electron chi connectivity index (χ4n) is 0. The summed E-state index contributed by atoms with van der Waals surface area (Å²) in [4.78, 5) is 9.48. The van der Waals surface area contributed by atoms with Crippen molar-refractivity contribution in [1.82, 2.24) is 0 Å². The molecule has 0 bridgehead atoms. The van der Waals surface area contributed by atoms with Crippen molar-refractivity contribution in [3.05, 3.63) is 0 Å². The minimum absolute atomic E-state index is 0.257. The predicted octanol–water partition coefficient (Wildman–Crippen LogP) is -0.299. The first kappa shape index (κ1) is 4.47. The van der Waals surface area contributed by atoms with E-state index in [2.05, 4.69) is 0 Å². The third-order valence-electron chi connectivity index (χ3n) is 0. The van der Waals surface area contributed by atoms with Gasteiger partial charge in [-0.2, -0.15) is 0 Å². The summed E-state index contributed by atoms with van der Waals surface area (Å²) in [6.45, 7) is 1.57. The monoisotopic (exact) mass is 163 g/mol. The SMILES string of the molecule is C[C](=O)[Sn]. The summed E-state index contributed by atoms with van der Waals surface area (Å²) < 4.78 is 0.257. The summed E-state index contributed by atoms with van der Waals surface area (Å²) in [6, 6.07) is 0. The fraction of sp³-hybridized carbons (Fsp3) is 0.500. The molecule has 0 unspecified atom stereocenters. The van der Waals surface area contributed by atoms with Crippen molar-refractivity contribution in [2.24, 2.45) is 0 Å². The molecule has 0 aliphatic carbocycles. The van der Waals surface area contributed by atoms with E-state index in [9.17, 15) is 4.79 Å². The molecule has 3 radical (unpaired) electrons. The van der Waals surface area contributed by atoms with Gasteiger partial charge in [-0.05, 0) is 0 Å². The van der Waals surface area contributed by atoms with Crippen LogP contribution in [-0.2, 0) is 4.79 Å². The molecule has 0 aromatic carbocycles. The Kier molecular flexibility index (Phi) is 1.96. The van der Waals surface area contributed by atoms with Gasteiger partial charge in [0.1, 0.15) is 0 Å². The van der Waals surface area contributed by atoms with Crippen molar-refractivity contribution >= 4 is 26.3 Å². The molecular formula is C2H3OSn. The summed E-state index contributed by atoms with van der Waals surface area (Å²) in [5.74, 6) is 0. The summed E-state index contributed by atoms with van der Waals surface area (Å²) in [7, 11) is 0. The molecule has 0 heterocycles. The quantitative estimate of drug-likeness (QED) is 0.446. The standard InChI is InChI=1S/C2H3O.Sn/c1-2-3;/h1H3;. The Balaban J connectivity index is 2.80. The molecule has 0 fully saturated rings. The van der Waals surface area contributed by atoms with E-state index in [-0.39, 0.29) is 3.80 Å². The molecule has 1 nitrogen and oxygen atoms in total. The van der Waals surface area contributed by atoms with E-state index in [4.69, 9.17) is 0 Å². The second-order valence-corrected chi connectivity index (χ2v) is 2.57.